The molecule has 0 amide bonds. The number of rotatable bonds is 1. The molecule has 0 saturated heterocycles. The molecule has 0 spiro atoms. The average molecular weight is 355 g/mol. The minimum Gasteiger partial charge on any atom is -0.438 e. The Bertz CT molecular complexity index is 142. The highest BCUT2D eigenvalue weighted by Crippen LogP contribution is 2.38. The van der Waals surface area contributed by atoms with Crippen molar-refractivity contribution in [2.45, 2.75) is 15.2 Å². The molecule has 0 bridgehead atoms. The predicted molar refractivity (Wildman–Crippen MR) is 52.5 cm³/mol. The lowest BCUT2D eigenvalue weighted by molar-refractivity contribution is 0.0479. The Kier molecular flexibility index (Phi) is 4.97. The minimum atomic E-state index is -0.708. The lowest BCUT2D eigenvalue weighted by Gasteiger charge is -2.20. The van der Waals surface area contributed by atoms with Gasteiger partial charge in [0.05, 0.1) is 7.11 Å². The van der Waals surface area contributed by atoms with Crippen molar-refractivity contribution in [3.8, 4) is 0 Å². The van der Waals surface area contributed by atoms with E-state index in [4.69, 9.17) is 4.74 Å². The second kappa shape index (κ2) is 4.67. The van der Waals surface area contributed by atoms with Crippen molar-refractivity contribution in [2.75, 3.05) is 7.11 Å². The molecule has 3 nitrogen and oxygen atoms in total. The Balaban J connectivity index is 3.87. The van der Waals surface area contributed by atoms with Crippen molar-refractivity contribution in [1.29, 1.82) is 0 Å². The standard InChI is InChI=1S/C5H7Br3O3/c1-3(5(6,7)8)11-4(9)10-2/h3H,1-2H3. The predicted octanol–water partition coefficient (Wildman–Crippen LogP) is 3.00. The highest BCUT2D eigenvalue weighted by Gasteiger charge is 2.30. The quantitative estimate of drug-likeness (QED) is 0.536. The zero-order valence-corrected chi connectivity index (χ0v) is 10.7. The summed E-state index contributed by atoms with van der Waals surface area (Å²) >= 11 is 9.61. The number of carbonyl (C=O) groups excluding carboxylic acids is 1. The van der Waals surface area contributed by atoms with Crippen LogP contribution in [0.2, 0.25) is 0 Å². The molecule has 0 heterocycles. The Morgan fingerprint density at radius 1 is 1.45 bits per heavy atom. The molecule has 1 unspecified atom stereocenters. The maximum Gasteiger partial charge on any atom is 0.508 e. The van der Waals surface area contributed by atoms with Crippen molar-refractivity contribution < 1.29 is 14.3 Å². The fourth-order valence-electron chi connectivity index (χ4n) is 0.259. The second-order valence-electron chi connectivity index (χ2n) is 1.76. The molecule has 0 aliphatic carbocycles. The van der Waals surface area contributed by atoms with Gasteiger partial charge in [-0.25, -0.2) is 4.79 Å². The third kappa shape index (κ3) is 5.03. The molecular weight excluding hydrogens is 348 g/mol. The van der Waals surface area contributed by atoms with Gasteiger partial charge in [-0.3, -0.25) is 0 Å². The second-order valence-corrected chi connectivity index (χ2v) is 8.70. The highest BCUT2D eigenvalue weighted by atomic mass is 80.0. The largest absolute Gasteiger partial charge is 0.508 e. The smallest absolute Gasteiger partial charge is 0.438 e. The first kappa shape index (κ1) is 11.7. The van der Waals surface area contributed by atoms with Crippen LogP contribution in [-0.2, 0) is 9.47 Å². The minimum absolute atomic E-state index is 0.380. The van der Waals surface area contributed by atoms with Crippen LogP contribution in [0.3, 0.4) is 0 Å². The van der Waals surface area contributed by atoms with Gasteiger partial charge in [0.25, 0.3) is 0 Å². The molecule has 0 radical (unpaired) electrons. The molecule has 0 aromatic heterocycles. The zero-order valence-electron chi connectivity index (χ0n) is 5.94. The Labute approximate surface area is 90.2 Å². The third-order valence-electron chi connectivity index (χ3n) is 0.901. The van der Waals surface area contributed by atoms with Gasteiger partial charge in [-0.2, -0.15) is 0 Å². The van der Waals surface area contributed by atoms with E-state index in [1.165, 1.54) is 7.11 Å². The first-order valence-electron chi connectivity index (χ1n) is 2.69. The van der Waals surface area contributed by atoms with Crippen LogP contribution < -0.4 is 0 Å². The van der Waals surface area contributed by atoms with Crippen LogP contribution in [0.4, 0.5) is 4.79 Å². The summed E-state index contributed by atoms with van der Waals surface area (Å²) in [5.41, 5.74) is 0. The van der Waals surface area contributed by atoms with Crippen molar-refractivity contribution in [2.24, 2.45) is 0 Å². The van der Waals surface area contributed by atoms with Crippen molar-refractivity contribution in [3.63, 3.8) is 0 Å². The fourth-order valence-corrected chi connectivity index (χ4v) is 0.540. The number of alkyl halides is 3. The molecule has 0 fully saturated rings. The van der Waals surface area contributed by atoms with E-state index in [1.807, 2.05) is 0 Å². The van der Waals surface area contributed by atoms with Gasteiger partial charge in [-0.05, 0) is 6.92 Å². The average Bonchev–Trinajstić information content (AvgIpc) is 1.85. The van der Waals surface area contributed by atoms with Gasteiger partial charge in [-0.15, -0.1) is 0 Å². The lowest BCUT2D eigenvalue weighted by atomic mass is 10.5. The molecular formula is C5H7Br3O3. The molecule has 0 aromatic rings. The van der Waals surface area contributed by atoms with E-state index >= 15 is 0 Å². The maximum absolute atomic E-state index is 10.6. The molecule has 0 aliphatic rings. The summed E-state index contributed by atoms with van der Waals surface area (Å²) in [6.07, 6.45) is -1.09. The van der Waals surface area contributed by atoms with Crippen LogP contribution in [-0.4, -0.2) is 21.5 Å². The summed E-state index contributed by atoms with van der Waals surface area (Å²) in [6, 6.07) is 0. The monoisotopic (exact) mass is 352 g/mol. The van der Waals surface area contributed by atoms with Crippen molar-refractivity contribution in [3.05, 3.63) is 0 Å². The van der Waals surface area contributed by atoms with Crippen LogP contribution in [0.25, 0.3) is 0 Å². The van der Waals surface area contributed by atoms with E-state index in [0.29, 0.717) is 0 Å². The number of hydrogen-bond acceptors (Lipinski definition) is 3. The van der Waals surface area contributed by atoms with E-state index in [1.54, 1.807) is 6.92 Å². The molecule has 0 rings (SSSR count). The Morgan fingerprint density at radius 3 is 2.18 bits per heavy atom. The van der Waals surface area contributed by atoms with E-state index in [9.17, 15) is 4.79 Å². The lowest BCUT2D eigenvalue weighted by Crippen LogP contribution is -2.26. The fraction of sp³-hybridized carbons (Fsp3) is 0.800. The van der Waals surface area contributed by atoms with Gasteiger partial charge in [0.1, 0.15) is 6.10 Å². The number of ether oxygens (including phenoxy) is 2. The Morgan fingerprint density at radius 2 is 1.91 bits per heavy atom. The van der Waals surface area contributed by atoms with E-state index < -0.39 is 8.30 Å². The molecule has 0 saturated carbocycles. The van der Waals surface area contributed by atoms with E-state index in [-0.39, 0.29) is 6.10 Å². The van der Waals surface area contributed by atoms with Gasteiger partial charge < -0.3 is 9.47 Å². The van der Waals surface area contributed by atoms with Crippen LogP contribution in [0.5, 0.6) is 0 Å². The van der Waals surface area contributed by atoms with Crippen LogP contribution in [0, 0.1) is 0 Å². The number of carbonyl (C=O) groups is 1. The molecule has 0 aliphatic heterocycles. The van der Waals surface area contributed by atoms with Gasteiger partial charge in [0.2, 0.25) is 0 Å². The van der Waals surface area contributed by atoms with Crippen molar-refractivity contribution in [1.82, 2.24) is 0 Å². The summed E-state index contributed by atoms with van der Waals surface area (Å²) in [5, 5.41) is 0. The van der Waals surface area contributed by atoms with E-state index in [2.05, 4.69) is 52.5 Å². The van der Waals surface area contributed by atoms with Gasteiger partial charge >= 0.3 is 6.16 Å². The number of hydrogen-bond donors (Lipinski definition) is 0. The van der Waals surface area contributed by atoms with Crippen LogP contribution in [0.1, 0.15) is 6.92 Å². The van der Waals surface area contributed by atoms with Crippen LogP contribution in [0.15, 0.2) is 0 Å². The molecule has 0 aromatic carbocycles. The molecule has 0 N–H and O–H groups in total. The molecule has 11 heavy (non-hydrogen) atoms. The maximum atomic E-state index is 10.6. The topological polar surface area (TPSA) is 35.5 Å². The summed E-state index contributed by atoms with van der Waals surface area (Å²) in [7, 11) is 1.26. The summed E-state index contributed by atoms with van der Waals surface area (Å²) < 4.78 is 8.46. The van der Waals surface area contributed by atoms with Gasteiger partial charge in [0, 0.05) is 0 Å². The zero-order chi connectivity index (χ0) is 9.07. The van der Waals surface area contributed by atoms with E-state index in [0.717, 1.165) is 0 Å². The summed E-state index contributed by atoms with van der Waals surface area (Å²) in [5.74, 6) is 0. The van der Waals surface area contributed by atoms with Gasteiger partial charge in [-0.1, -0.05) is 47.8 Å². The molecule has 1 atom stereocenters. The number of methoxy groups -OCH3 is 1. The first-order valence-corrected chi connectivity index (χ1v) is 5.07. The SMILES string of the molecule is COC(=O)OC(C)C(Br)(Br)Br. The molecule has 6 heteroatoms. The van der Waals surface area contributed by atoms with Crippen LogP contribution >= 0.6 is 47.8 Å². The van der Waals surface area contributed by atoms with Crippen molar-refractivity contribution >= 4 is 53.9 Å². The first-order chi connectivity index (χ1) is 4.88. The molecule has 66 valence electrons. The summed E-state index contributed by atoms with van der Waals surface area (Å²) in [4.78, 5) is 10.6. The Hall–Kier alpha value is 0.710. The van der Waals surface area contributed by atoms with Gasteiger partial charge in [0.15, 0.2) is 2.14 Å². The highest BCUT2D eigenvalue weighted by molar-refractivity contribution is 9.39. The number of halogens is 3. The normalized spacial score (nSPS) is 13.9. The summed E-state index contributed by atoms with van der Waals surface area (Å²) in [6.45, 7) is 1.70. The third-order valence-corrected chi connectivity index (χ3v) is 2.83.